The van der Waals surface area contributed by atoms with E-state index in [0.717, 1.165) is 19.8 Å². The standard InChI is InChI=1S/C14H13BrO2S/c1-8-4-5-12(17-3)11(6-8)14(16)10-7-13(15)18-9(10)2/h4-7H,1-3H3. The van der Waals surface area contributed by atoms with Crippen molar-refractivity contribution in [2.75, 3.05) is 7.11 Å². The van der Waals surface area contributed by atoms with Gasteiger partial charge >= 0.3 is 0 Å². The zero-order valence-corrected chi connectivity index (χ0v) is 12.8. The van der Waals surface area contributed by atoms with E-state index in [0.29, 0.717) is 11.3 Å². The highest BCUT2D eigenvalue weighted by atomic mass is 79.9. The fraction of sp³-hybridized carbons (Fsp3) is 0.214. The van der Waals surface area contributed by atoms with Crippen molar-refractivity contribution in [1.29, 1.82) is 0 Å². The number of carbonyl (C=O) groups excluding carboxylic acids is 1. The number of thiophene rings is 1. The van der Waals surface area contributed by atoms with Crippen molar-refractivity contribution in [2.24, 2.45) is 0 Å². The van der Waals surface area contributed by atoms with Gasteiger partial charge in [-0.1, -0.05) is 11.6 Å². The molecule has 0 bridgehead atoms. The molecule has 2 aromatic rings. The van der Waals surface area contributed by atoms with Crippen LogP contribution in [0.25, 0.3) is 0 Å². The molecule has 0 saturated heterocycles. The minimum Gasteiger partial charge on any atom is -0.496 e. The molecule has 0 saturated carbocycles. The first-order valence-corrected chi connectivity index (χ1v) is 7.09. The largest absolute Gasteiger partial charge is 0.496 e. The Morgan fingerprint density at radius 1 is 1.22 bits per heavy atom. The summed E-state index contributed by atoms with van der Waals surface area (Å²) in [7, 11) is 1.58. The first-order chi connectivity index (χ1) is 8.52. The Morgan fingerprint density at radius 3 is 2.50 bits per heavy atom. The lowest BCUT2D eigenvalue weighted by molar-refractivity contribution is 0.103. The van der Waals surface area contributed by atoms with Gasteiger partial charge in [0.25, 0.3) is 0 Å². The molecule has 2 nitrogen and oxygen atoms in total. The quantitative estimate of drug-likeness (QED) is 0.784. The van der Waals surface area contributed by atoms with Gasteiger partial charge in [-0.2, -0.15) is 0 Å². The molecule has 0 aliphatic rings. The van der Waals surface area contributed by atoms with E-state index in [4.69, 9.17) is 4.74 Å². The Balaban J connectivity index is 2.51. The summed E-state index contributed by atoms with van der Waals surface area (Å²) in [5.41, 5.74) is 2.40. The van der Waals surface area contributed by atoms with Gasteiger partial charge in [0.2, 0.25) is 0 Å². The maximum Gasteiger partial charge on any atom is 0.197 e. The number of ketones is 1. The van der Waals surface area contributed by atoms with Crippen LogP contribution in [-0.4, -0.2) is 12.9 Å². The van der Waals surface area contributed by atoms with Crippen molar-refractivity contribution in [3.05, 3.63) is 49.6 Å². The molecule has 0 aliphatic heterocycles. The first kappa shape index (κ1) is 13.3. The van der Waals surface area contributed by atoms with Crippen LogP contribution in [0.5, 0.6) is 5.75 Å². The minimum atomic E-state index is 0.00926. The maximum atomic E-state index is 12.5. The third-order valence-corrected chi connectivity index (χ3v) is 4.29. The average molecular weight is 325 g/mol. The van der Waals surface area contributed by atoms with Gasteiger partial charge in [-0.3, -0.25) is 4.79 Å². The van der Waals surface area contributed by atoms with E-state index in [1.54, 1.807) is 18.4 Å². The molecule has 0 radical (unpaired) electrons. The molecule has 4 heteroatoms. The van der Waals surface area contributed by atoms with Crippen molar-refractivity contribution < 1.29 is 9.53 Å². The molecule has 1 heterocycles. The van der Waals surface area contributed by atoms with E-state index in [1.807, 2.05) is 38.1 Å². The molecule has 0 atom stereocenters. The molecule has 0 unspecified atom stereocenters. The second-order valence-corrected chi connectivity index (χ2v) is 6.69. The normalized spacial score (nSPS) is 10.4. The Hall–Kier alpha value is -1.13. The van der Waals surface area contributed by atoms with Crippen LogP contribution in [0.2, 0.25) is 0 Å². The number of carbonyl (C=O) groups is 1. The first-order valence-electron chi connectivity index (χ1n) is 5.48. The van der Waals surface area contributed by atoms with E-state index in [1.165, 1.54) is 0 Å². The van der Waals surface area contributed by atoms with Crippen LogP contribution in [0.4, 0.5) is 0 Å². The zero-order valence-electron chi connectivity index (χ0n) is 10.4. The third-order valence-electron chi connectivity index (χ3n) is 2.73. The fourth-order valence-corrected chi connectivity index (χ4v) is 3.50. The lowest BCUT2D eigenvalue weighted by atomic mass is 10.0. The van der Waals surface area contributed by atoms with Crippen LogP contribution in [0.15, 0.2) is 28.1 Å². The lowest BCUT2D eigenvalue weighted by Gasteiger charge is -2.08. The second kappa shape index (κ2) is 5.24. The molecule has 0 aliphatic carbocycles. The van der Waals surface area contributed by atoms with Gasteiger partial charge in [-0.25, -0.2) is 0 Å². The van der Waals surface area contributed by atoms with Gasteiger partial charge < -0.3 is 4.74 Å². The molecular formula is C14H13BrO2S. The molecule has 1 aromatic carbocycles. The van der Waals surface area contributed by atoms with E-state index in [-0.39, 0.29) is 5.78 Å². The number of ether oxygens (including phenoxy) is 1. The van der Waals surface area contributed by atoms with E-state index >= 15 is 0 Å². The van der Waals surface area contributed by atoms with Gasteiger partial charge in [0.05, 0.1) is 16.5 Å². The molecule has 2 rings (SSSR count). The Labute approximate surface area is 119 Å². The Bertz CT molecular complexity index is 602. The van der Waals surface area contributed by atoms with Crippen LogP contribution in [-0.2, 0) is 0 Å². The van der Waals surface area contributed by atoms with Crippen LogP contribution >= 0.6 is 27.3 Å². The van der Waals surface area contributed by atoms with Gasteiger partial charge in [0.1, 0.15) is 5.75 Å². The van der Waals surface area contributed by atoms with E-state index in [2.05, 4.69) is 15.9 Å². The molecule has 18 heavy (non-hydrogen) atoms. The predicted molar refractivity (Wildman–Crippen MR) is 77.9 cm³/mol. The Kier molecular flexibility index (Phi) is 3.88. The number of hydrogen-bond acceptors (Lipinski definition) is 3. The van der Waals surface area contributed by atoms with Crippen molar-refractivity contribution >= 4 is 33.0 Å². The molecule has 0 spiro atoms. The summed E-state index contributed by atoms with van der Waals surface area (Å²) in [5.74, 6) is 0.627. The van der Waals surface area contributed by atoms with Gasteiger partial charge in [0.15, 0.2) is 5.78 Å². The smallest absolute Gasteiger partial charge is 0.197 e. The minimum absolute atomic E-state index is 0.00926. The number of hydrogen-bond donors (Lipinski definition) is 0. The predicted octanol–water partition coefficient (Wildman–Crippen LogP) is 4.37. The van der Waals surface area contributed by atoms with Gasteiger partial charge in [0, 0.05) is 10.4 Å². The summed E-state index contributed by atoms with van der Waals surface area (Å²) in [6.07, 6.45) is 0. The average Bonchev–Trinajstić information content (AvgIpc) is 2.67. The third kappa shape index (κ3) is 2.49. The zero-order chi connectivity index (χ0) is 13.3. The molecule has 0 fully saturated rings. The van der Waals surface area contributed by atoms with Crippen LogP contribution < -0.4 is 4.74 Å². The summed E-state index contributed by atoms with van der Waals surface area (Å²) >= 11 is 4.97. The molecule has 0 amide bonds. The highest BCUT2D eigenvalue weighted by Crippen LogP contribution is 2.30. The number of methoxy groups -OCH3 is 1. The second-order valence-electron chi connectivity index (χ2n) is 4.05. The van der Waals surface area contributed by atoms with Crippen LogP contribution in [0, 0.1) is 13.8 Å². The fourth-order valence-electron chi connectivity index (χ4n) is 1.82. The monoisotopic (exact) mass is 324 g/mol. The van der Waals surface area contributed by atoms with Crippen molar-refractivity contribution in [3.8, 4) is 5.75 Å². The van der Waals surface area contributed by atoms with Crippen molar-refractivity contribution in [1.82, 2.24) is 0 Å². The van der Waals surface area contributed by atoms with Crippen LogP contribution in [0.1, 0.15) is 26.4 Å². The van der Waals surface area contributed by atoms with Crippen LogP contribution in [0.3, 0.4) is 0 Å². The highest BCUT2D eigenvalue weighted by molar-refractivity contribution is 9.11. The van der Waals surface area contributed by atoms with Gasteiger partial charge in [-0.15, -0.1) is 11.3 Å². The van der Waals surface area contributed by atoms with E-state index in [9.17, 15) is 4.79 Å². The molecule has 0 N–H and O–H groups in total. The Morgan fingerprint density at radius 2 is 1.94 bits per heavy atom. The lowest BCUT2D eigenvalue weighted by Crippen LogP contribution is -2.04. The number of halogens is 1. The topological polar surface area (TPSA) is 26.3 Å². The number of rotatable bonds is 3. The summed E-state index contributed by atoms with van der Waals surface area (Å²) in [6.45, 7) is 3.91. The highest BCUT2D eigenvalue weighted by Gasteiger charge is 2.18. The summed E-state index contributed by atoms with van der Waals surface area (Å²) < 4.78 is 6.23. The van der Waals surface area contributed by atoms with Crippen molar-refractivity contribution in [2.45, 2.75) is 13.8 Å². The summed E-state index contributed by atoms with van der Waals surface area (Å²) in [5, 5.41) is 0. The summed E-state index contributed by atoms with van der Waals surface area (Å²) in [4.78, 5) is 13.5. The summed E-state index contributed by atoms with van der Waals surface area (Å²) in [6, 6.07) is 7.50. The maximum absolute atomic E-state index is 12.5. The molecule has 1 aromatic heterocycles. The molecule has 94 valence electrons. The van der Waals surface area contributed by atoms with Gasteiger partial charge in [-0.05, 0) is 48.0 Å². The molecular weight excluding hydrogens is 312 g/mol. The SMILES string of the molecule is COc1ccc(C)cc1C(=O)c1cc(Br)sc1C. The van der Waals surface area contributed by atoms with Crippen molar-refractivity contribution in [3.63, 3.8) is 0 Å². The van der Waals surface area contributed by atoms with E-state index < -0.39 is 0 Å². The number of benzene rings is 1. The number of aryl methyl sites for hydroxylation is 2.